The SMILES string of the molecule is NC(N)=Nc1ccc2scnc2c1. The van der Waals surface area contributed by atoms with Gasteiger partial charge in [0.05, 0.1) is 21.4 Å². The molecule has 0 saturated heterocycles. The van der Waals surface area contributed by atoms with Crippen LogP contribution < -0.4 is 11.5 Å². The van der Waals surface area contributed by atoms with Crippen molar-refractivity contribution >= 4 is 33.2 Å². The van der Waals surface area contributed by atoms with Crippen LogP contribution in [0.25, 0.3) is 10.2 Å². The minimum atomic E-state index is 0.0644. The molecule has 5 heteroatoms. The molecule has 0 radical (unpaired) electrons. The second-order valence-corrected chi connectivity index (χ2v) is 3.43. The molecule has 0 saturated carbocycles. The molecule has 0 aliphatic carbocycles. The van der Waals surface area contributed by atoms with Gasteiger partial charge < -0.3 is 11.5 Å². The van der Waals surface area contributed by atoms with Crippen molar-refractivity contribution in [2.24, 2.45) is 16.5 Å². The quantitative estimate of drug-likeness (QED) is 0.526. The van der Waals surface area contributed by atoms with Gasteiger partial charge in [-0.2, -0.15) is 0 Å². The molecule has 0 amide bonds. The van der Waals surface area contributed by atoms with Gasteiger partial charge in [0.25, 0.3) is 0 Å². The molecule has 66 valence electrons. The van der Waals surface area contributed by atoms with Crippen molar-refractivity contribution in [1.82, 2.24) is 4.98 Å². The van der Waals surface area contributed by atoms with E-state index in [4.69, 9.17) is 11.5 Å². The van der Waals surface area contributed by atoms with Crippen LogP contribution in [0.4, 0.5) is 5.69 Å². The molecule has 13 heavy (non-hydrogen) atoms. The lowest BCUT2D eigenvalue weighted by Gasteiger charge is -1.93. The van der Waals surface area contributed by atoms with E-state index in [1.165, 1.54) is 0 Å². The van der Waals surface area contributed by atoms with E-state index in [-0.39, 0.29) is 5.96 Å². The lowest BCUT2D eigenvalue weighted by atomic mass is 10.3. The maximum Gasteiger partial charge on any atom is 0.191 e. The summed E-state index contributed by atoms with van der Waals surface area (Å²) < 4.78 is 1.13. The van der Waals surface area contributed by atoms with Crippen molar-refractivity contribution in [3.8, 4) is 0 Å². The molecule has 0 atom stereocenters. The number of nitrogens with zero attached hydrogens (tertiary/aromatic N) is 2. The number of fused-ring (bicyclic) bond motifs is 1. The highest BCUT2D eigenvalue weighted by molar-refractivity contribution is 7.16. The van der Waals surface area contributed by atoms with Gasteiger partial charge >= 0.3 is 0 Å². The summed E-state index contributed by atoms with van der Waals surface area (Å²) in [5.74, 6) is 0.0644. The number of aliphatic imine (C=N–C) groups is 1. The highest BCUT2D eigenvalue weighted by atomic mass is 32.1. The molecule has 0 unspecified atom stereocenters. The molecular formula is C8H8N4S. The highest BCUT2D eigenvalue weighted by Crippen LogP contribution is 2.22. The lowest BCUT2D eigenvalue weighted by molar-refractivity contribution is 1.42. The zero-order valence-electron chi connectivity index (χ0n) is 6.77. The van der Waals surface area contributed by atoms with E-state index in [2.05, 4.69) is 9.98 Å². The number of nitrogens with two attached hydrogens (primary N) is 2. The Morgan fingerprint density at radius 2 is 2.23 bits per heavy atom. The molecule has 0 bridgehead atoms. The molecule has 0 aliphatic rings. The molecular weight excluding hydrogens is 184 g/mol. The number of hydrogen-bond acceptors (Lipinski definition) is 3. The molecule has 1 heterocycles. The minimum absolute atomic E-state index is 0.0644. The van der Waals surface area contributed by atoms with Crippen LogP contribution in [-0.4, -0.2) is 10.9 Å². The van der Waals surface area contributed by atoms with Crippen molar-refractivity contribution < 1.29 is 0 Å². The van der Waals surface area contributed by atoms with Gasteiger partial charge in [-0.3, -0.25) is 0 Å². The van der Waals surface area contributed by atoms with Gasteiger partial charge in [0.15, 0.2) is 5.96 Å². The molecule has 0 fully saturated rings. The lowest BCUT2D eigenvalue weighted by Crippen LogP contribution is -2.21. The summed E-state index contributed by atoms with van der Waals surface area (Å²) in [6.45, 7) is 0. The molecule has 4 nitrogen and oxygen atoms in total. The Morgan fingerprint density at radius 1 is 1.38 bits per heavy atom. The predicted molar refractivity (Wildman–Crippen MR) is 55.1 cm³/mol. The van der Waals surface area contributed by atoms with Crippen molar-refractivity contribution in [2.45, 2.75) is 0 Å². The first-order valence-corrected chi connectivity index (χ1v) is 4.56. The summed E-state index contributed by atoms with van der Waals surface area (Å²) in [7, 11) is 0. The first kappa shape index (κ1) is 8.00. The average Bonchev–Trinajstić information content (AvgIpc) is 2.49. The third kappa shape index (κ3) is 1.59. The Balaban J connectivity index is 2.54. The number of benzene rings is 1. The standard InChI is InChI=1S/C8H8N4S/c9-8(10)12-5-1-2-7-6(3-5)11-4-13-7/h1-4H,(H4,9,10,12). The number of thiazole rings is 1. The molecule has 4 N–H and O–H groups in total. The Hall–Kier alpha value is -1.62. The van der Waals surface area contributed by atoms with E-state index in [1.807, 2.05) is 18.2 Å². The Bertz CT molecular complexity index is 456. The Kier molecular flexibility index (Phi) is 1.86. The van der Waals surface area contributed by atoms with Crippen LogP contribution in [-0.2, 0) is 0 Å². The van der Waals surface area contributed by atoms with Gasteiger partial charge in [-0.15, -0.1) is 11.3 Å². The number of rotatable bonds is 1. The van der Waals surface area contributed by atoms with E-state index in [1.54, 1.807) is 16.8 Å². The smallest absolute Gasteiger partial charge is 0.191 e. The van der Waals surface area contributed by atoms with E-state index in [0.717, 1.165) is 15.9 Å². The molecule has 2 rings (SSSR count). The van der Waals surface area contributed by atoms with Crippen molar-refractivity contribution in [3.05, 3.63) is 23.7 Å². The fourth-order valence-corrected chi connectivity index (χ4v) is 1.72. The van der Waals surface area contributed by atoms with Gasteiger partial charge in [0, 0.05) is 0 Å². The van der Waals surface area contributed by atoms with Crippen LogP contribution in [0.15, 0.2) is 28.7 Å². The maximum absolute atomic E-state index is 5.25. The fourth-order valence-electron chi connectivity index (χ4n) is 1.06. The second-order valence-electron chi connectivity index (χ2n) is 2.54. The molecule has 0 aliphatic heterocycles. The zero-order chi connectivity index (χ0) is 9.26. The molecule has 1 aromatic carbocycles. The maximum atomic E-state index is 5.25. The summed E-state index contributed by atoms with van der Waals surface area (Å²) in [6, 6.07) is 5.67. The van der Waals surface area contributed by atoms with Crippen LogP contribution in [0, 0.1) is 0 Å². The summed E-state index contributed by atoms with van der Waals surface area (Å²) in [6.07, 6.45) is 0. The minimum Gasteiger partial charge on any atom is -0.370 e. The largest absolute Gasteiger partial charge is 0.370 e. The number of hydrogen-bond donors (Lipinski definition) is 2. The van der Waals surface area contributed by atoms with E-state index >= 15 is 0 Å². The topological polar surface area (TPSA) is 77.3 Å². The molecule has 0 spiro atoms. The number of aromatic nitrogens is 1. The van der Waals surface area contributed by atoms with Crippen molar-refractivity contribution in [2.75, 3.05) is 0 Å². The zero-order valence-corrected chi connectivity index (χ0v) is 7.58. The first-order valence-electron chi connectivity index (χ1n) is 3.68. The van der Waals surface area contributed by atoms with Crippen LogP contribution in [0.1, 0.15) is 0 Å². The average molecular weight is 192 g/mol. The summed E-state index contributed by atoms with van der Waals surface area (Å²) in [5.41, 5.74) is 14.0. The van der Waals surface area contributed by atoms with E-state index in [0.29, 0.717) is 0 Å². The Labute approximate surface area is 78.9 Å². The summed E-state index contributed by atoms with van der Waals surface area (Å²) in [4.78, 5) is 8.08. The molecule has 1 aromatic heterocycles. The van der Waals surface area contributed by atoms with E-state index in [9.17, 15) is 0 Å². The Morgan fingerprint density at radius 3 is 3.00 bits per heavy atom. The third-order valence-corrected chi connectivity index (χ3v) is 2.38. The van der Waals surface area contributed by atoms with Crippen molar-refractivity contribution in [3.63, 3.8) is 0 Å². The van der Waals surface area contributed by atoms with Crippen molar-refractivity contribution in [1.29, 1.82) is 0 Å². The molecule has 2 aromatic rings. The third-order valence-electron chi connectivity index (χ3n) is 1.57. The van der Waals surface area contributed by atoms with Gasteiger partial charge in [-0.25, -0.2) is 9.98 Å². The van der Waals surface area contributed by atoms with Crippen LogP contribution >= 0.6 is 11.3 Å². The monoisotopic (exact) mass is 192 g/mol. The number of guanidine groups is 1. The van der Waals surface area contributed by atoms with Gasteiger partial charge in [-0.1, -0.05) is 0 Å². The predicted octanol–water partition coefficient (Wildman–Crippen LogP) is 1.20. The first-order chi connectivity index (χ1) is 6.25. The highest BCUT2D eigenvalue weighted by Gasteiger charge is 1.97. The van der Waals surface area contributed by atoms with Crippen LogP contribution in [0.3, 0.4) is 0 Å². The van der Waals surface area contributed by atoms with Gasteiger partial charge in [0.1, 0.15) is 0 Å². The summed E-state index contributed by atoms with van der Waals surface area (Å²) in [5, 5.41) is 0. The van der Waals surface area contributed by atoms with Gasteiger partial charge in [-0.05, 0) is 18.2 Å². The van der Waals surface area contributed by atoms with E-state index < -0.39 is 0 Å². The van der Waals surface area contributed by atoms with Crippen LogP contribution in [0.2, 0.25) is 0 Å². The van der Waals surface area contributed by atoms with Gasteiger partial charge in [0.2, 0.25) is 0 Å². The second kappa shape index (κ2) is 3.02. The normalized spacial score (nSPS) is 10.2. The van der Waals surface area contributed by atoms with Crippen LogP contribution in [0.5, 0.6) is 0 Å². The summed E-state index contributed by atoms with van der Waals surface area (Å²) >= 11 is 1.59. The fraction of sp³-hybridized carbons (Fsp3) is 0.